The maximum atomic E-state index is 11.6. The van der Waals surface area contributed by atoms with E-state index in [0.717, 1.165) is 6.54 Å². The van der Waals surface area contributed by atoms with E-state index in [-0.39, 0.29) is 5.91 Å². The number of nitrogens with one attached hydrogen (secondary N) is 2. The van der Waals surface area contributed by atoms with Gasteiger partial charge in [0.2, 0.25) is 0 Å². The van der Waals surface area contributed by atoms with Crippen molar-refractivity contribution < 1.29 is 4.79 Å². The minimum Gasteiger partial charge on any atom is -0.382 e. The van der Waals surface area contributed by atoms with Crippen LogP contribution in [0.3, 0.4) is 0 Å². The van der Waals surface area contributed by atoms with Crippen LogP contribution >= 0.6 is 0 Å². The third kappa shape index (κ3) is 2.11. The van der Waals surface area contributed by atoms with Crippen molar-refractivity contribution in [1.29, 1.82) is 0 Å². The molecule has 1 heterocycles. The highest BCUT2D eigenvalue weighted by atomic mass is 16.1. The number of carbonyl (C=O) groups excluding carboxylic acids is 1. The monoisotopic (exact) mass is 208 g/mol. The molecule has 5 heteroatoms. The van der Waals surface area contributed by atoms with E-state index in [1.54, 1.807) is 0 Å². The van der Waals surface area contributed by atoms with E-state index in [1.807, 2.05) is 0 Å². The van der Waals surface area contributed by atoms with Gasteiger partial charge in [-0.15, -0.1) is 0 Å². The molecule has 15 heavy (non-hydrogen) atoms. The van der Waals surface area contributed by atoms with Crippen molar-refractivity contribution in [3.63, 3.8) is 0 Å². The third-order valence-corrected chi connectivity index (χ3v) is 3.07. The molecule has 1 saturated carbocycles. The number of aromatic nitrogens is 2. The number of nitrogen functional groups attached to an aromatic ring is 1. The summed E-state index contributed by atoms with van der Waals surface area (Å²) in [6.45, 7) is 5.14. The minimum atomic E-state index is -0.137. The maximum Gasteiger partial charge on any atom is 0.269 e. The van der Waals surface area contributed by atoms with Gasteiger partial charge in [-0.3, -0.25) is 9.89 Å². The number of anilines is 1. The zero-order valence-electron chi connectivity index (χ0n) is 9.00. The molecule has 1 unspecified atom stereocenters. The molecular formula is C10H16N4O. The fourth-order valence-corrected chi connectivity index (χ4v) is 1.69. The van der Waals surface area contributed by atoms with Crippen molar-refractivity contribution in [3.05, 3.63) is 11.8 Å². The Hall–Kier alpha value is -1.52. The lowest BCUT2D eigenvalue weighted by atomic mass is 10.1. The molecule has 0 radical (unpaired) electrons. The number of nitrogens with two attached hydrogens (primary N) is 1. The number of carbonyl (C=O) groups is 1. The molecule has 1 atom stereocenters. The largest absolute Gasteiger partial charge is 0.382 e. The summed E-state index contributed by atoms with van der Waals surface area (Å²) in [5.41, 5.74) is 6.22. The molecule has 4 N–H and O–H groups in total. The molecule has 0 aromatic carbocycles. The number of nitrogens with zero attached hydrogens (tertiary/aromatic N) is 1. The summed E-state index contributed by atoms with van der Waals surface area (Å²) >= 11 is 0. The number of H-pyrrole nitrogens is 1. The van der Waals surface area contributed by atoms with E-state index in [0.29, 0.717) is 22.8 Å². The van der Waals surface area contributed by atoms with Gasteiger partial charge in [0.15, 0.2) is 0 Å². The Morgan fingerprint density at radius 1 is 1.80 bits per heavy atom. The van der Waals surface area contributed by atoms with Gasteiger partial charge in [0.05, 0.1) is 0 Å². The normalized spacial score (nSPS) is 22.4. The first-order chi connectivity index (χ1) is 6.99. The van der Waals surface area contributed by atoms with Crippen LogP contribution in [-0.4, -0.2) is 22.6 Å². The zero-order valence-corrected chi connectivity index (χ0v) is 9.00. The van der Waals surface area contributed by atoms with Crippen molar-refractivity contribution in [2.75, 3.05) is 12.3 Å². The second kappa shape index (κ2) is 3.25. The van der Waals surface area contributed by atoms with Crippen LogP contribution in [0.25, 0.3) is 0 Å². The van der Waals surface area contributed by atoms with Gasteiger partial charge >= 0.3 is 0 Å². The molecule has 1 amide bonds. The minimum absolute atomic E-state index is 0.137. The first kappa shape index (κ1) is 10.0. The predicted molar refractivity (Wildman–Crippen MR) is 57.2 cm³/mol. The summed E-state index contributed by atoms with van der Waals surface area (Å²) in [7, 11) is 0. The molecule has 2 rings (SSSR count). The third-order valence-electron chi connectivity index (χ3n) is 3.07. The van der Waals surface area contributed by atoms with E-state index >= 15 is 0 Å². The summed E-state index contributed by atoms with van der Waals surface area (Å²) in [6, 6.07) is 1.54. The Morgan fingerprint density at radius 2 is 2.47 bits per heavy atom. The first-order valence-corrected chi connectivity index (χ1v) is 5.08. The number of aromatic amines is 1. The van der Waals surface area contributed by atoms with Crippen LogP contribution in [0.1, 0.15) is 30.8 Å². The van der Waals surface area contributed by atoms with Gasteiger partial charge in [0.25, 0.3) is 5.91 Å². The molecule has 1 aliphatic rings. The van der Waals surface area contributed by atoms with Crippen LogP contribution in [-0.2, 0) is 0 Å². The highest BCUT2D eigenvalue weighted by molar-refractivity contribution is 5.92. The molecule has 0 aliphatic heterocycles. The Morgan fingerprint density at radius 3 is 2.93 bits per heavy atom. The van der Waals surface area contributed by atoms with Gasteiger partial charge in [-0.2, -0.15) is 5.10 Å². The van der Waals surface area contributed by atoms with Crippen molar-refractivity contribution in [2.45, 2.75) is 20.3 Å². The van der Waals surface area contributed by atoms with Gasteiger partial charge in [0.1, 0.15) is 11.5 Å². The highest BCUT2D eigenvalue weighted by Gasteiger charge is 2.45. The van der Waals surface area contributed by atoms with Crippen LogP contribution < -0.4 is 11.1 Å². The molecule has 1 fully saturated rings. The second-order valence-electron chi connectivity index (χ2n) is 4.81. The maximum absolute atomic E-state index is 11.6. The molecule has 0 bridgehead atoms. The number of amides is 1. The van der Waals surface area contributed by atoms with Gasteiger partial charge in [0, 0.05) is 12.6 Å². The molecule has 1 aromatic heterocycles. The smallest absolute Gasteiger partial charge is 0.269 e. The van der Waals surface area contributed by atoms with Crippen LogP contribution in [0.5, 0.6) is 0 Å². The van der Waals surface area contributed by atoms with E-state index in [1.165, 1.54) is 12.5 Å². The van der Waals surface area contributed by atoms with Crippen LogP contribution in [0.4, 0.5) is 5.82 Å². The summed E-state index contributed by atoms with van der Waals surface area (Å²) in [6.07, 6.45) is 1.18. The molecule has 0 spiro atoms. The predicted octanol–water partition coefficient (Wildman–Crippen LogP) is 0.768. The molecule has 5 nitrogen and oxygen atoms in total. The SMILES string of the molecule is CC1(C)CC1CNC(=O)c1cc(N)n[nH]1. The Balaban J connectivity index is 1.83. The summed E-state index contributed by atoms with van der Waals surface area (Å²) < 4.78 is 0. The van der Waals surface area contributed by atoms with Crippen molar-refractivity contribution in [3.8, 4) is 0 Å². The number of hydrogen-bond acceptors (Lipinski definition) is 3. The second-order valence-corrected chi connectivity index (χ2v) is 4.81. The quantitative estimate of drug-likeness (QED) is 0.686. The Labute approximate surface area is 88.4 Å². The lowest BCUT2D eigenvalue weighted by Crippen LogP contribution is -2.26. The molecular weight excluding hydrogens is 192 g/mol. The van der Waals surface area contributed by atoms with Gasteiger partial charge in [-0.25, -0.2) is 0 Å². The van der Waals surface area contributed by atoms with Gasteiger partial charge < -0.3 is 11.1 Å². The Bertz CT molecular complexity index is 383. The van der Waals surface area contributed by atoms with Crippen LogP contribution in [0.2, 0.25) is 0 Å². The average molecular weight is 208 g/mol. The van der Waals surface area contributed by atoms with Crippen molar-refractivity contribution >= 4 is 11.7 Å². The van der Waals surface area contributed by atoms with Crippen molar-refractivity contribution in [2.24, 2.45) is 11.3 Å². The molecule has 82 valence electrons. The first-order valence-electron chi connectivity index (χ1n) is 5.08. The van der Waals surface area contributed by atoms with E-state index in [4.69, 9.17) is 5.73 Å². The fraction of sp³-hybridized carbons (Fsp3) is 0.600. The van der Waals surface area contributed by atoms with E-state index in [9.17, 15) is 4.79 Å². The summed E-state index contributed by atoms with van der Waals surface area (Å²) in [5, 5.41) is 9.15. The number of rotatable bonds is 3. The molecule has 0 saturated heterocycles. The highest BCUT2D eigenvalue weighted by Crippen LogP contribution is 2.50. The van der Waals surface area contributed by atoms with Crippen LogP contribution in [0.15, 0.2) is 6.07 Å². The zero-order chi connectivity index (χ0) is 11.1. The Kier molecular flexibility index (Phi) is 2.17. The van der Waals surface area contributed by atoms with Crippen molar-refractivity contribution in [1.82, 2.24) is 15.5 Å². The topological polar surface area (TPSA) is 83.8 Å². The van der Waals surface area contributed by atoms with E-state index < -0.39 is 0 Å². The summed E-state index contributed by atoms with van der Waals surface area (Å²) in [4.78, 5) is 11.6. The van der Waals surface area contributed by atoms with E-state index in [2.05, 4.69) is 29.4 Å². The lowest BCUT2D eigenvalue weighted by molar-refractivity contribution is 0.0945. The fourth-order valence-electron chi connectivity index (χ4n) is 1.69. The standard InChI is InChI=1S/C10H16N4O/c1-10(2)4-6(10)5-12-9(15)7-3-8(11)14-13-7/h3,6H,4-5H2,1-2H3,(H,12,15)(H3,11,13,14). The molecule has 1 aromatic rings. The lowest BCUT2D eigenvalue weighted by Gasteiger charge is -2.04. The number of hydrogen-bond donors (Lipinski definition) is 3. The molecule has 1 aliphatic carbocycles. The van der Waals surface area contributed by atoms with Gasteiger partial charge in [-0.05, 0) is 17.8 Å². The van der Waals surface area contributed by atoms with Gasteiger partial charge in [-0.1, -0.05) is 13.8 Å². The van der Waals surface area contributed by atoms with Crippen LogP contribution in [0, 0.1) is 11.3 Å². The average Bonchev–Trinajstić information content (AvgIpc) is 2.59. The summed E-state index contributed by atoms with van der Waals surface area (Å²) in [5.74, 6) is 0.801.